The molecular formula is C25H18FNO2. The minimum atomic E-state index is -0.327. The Hall–Kier alpha value is -3.79. The highest BCUT2D eigenvalue weighted by Gasteiger charge is 2.20. The summed E-state index contributed by atoms with van der Waals surface area (Å²) in [6.45, 7) is 1.79. The Morgan fingerprint density at radius 3 is 2.38 bits per heavy atom. The van der Waals surface area contributed by atoms with Crippen LogP contribution in [0.25, 0.3) is 11.6 Å². The van der Waals surface area contributed by atoms with Crippen molar-refractivity contribution < 1.29 is 14.0 Å². The zero-order valence-corrected chi connectivity index (χ0v) is 15.8. The summed E-state index contributed by atoms with van der Waals surface area (Å²) >= 11 is 0. The number of pyridine rings is 1. The molecule has 3 nitrogen and oxygen atoms in total. The molecule has 0 aliphatic heterocycles. The van der Waals surface area contributed by atoms with E-state index in [9.17, 15) is 14.0 Å². The molecular weight excluding hydrogens is 365 g/mol. The summed E-state index contributed by atoms with van der Waals surface area (Å²) in [5, 5.41) is 0. The number of ketones is 2. The third-order valence-corrected chi connectivity index (χ3v) is 4.89. The Labute approximate surface area is 167 Å². The van der Waals surface area contributed by atoms with Gasteiger partial charge in [-0.15, -0.1) is 0 Å². The number of aromatic nitrogens is 1. The smallest absolute Gasteiger partial charge is 0.210 e. The number of halogens is 1. The van der Waals surface area contributed by atoms with Crippen LogP contribution in [0.1, 0.15) is 37.5 Å². The molecule has 0 amide bonds. The predicted octanol–water partition coefficient (Wildman–Crippen LogP) is 5.51. The van der Waals surface area contributed by atoms with Crippen molar-refractivity contribution in [2.75, 3.05) is 0 Å². The molecule has 2 aromatic heterocycles. The molecule has 142 valence electrons. The Morgan fingerprint density at radius 1 is 0.931 bits per heavy atom. The molecule has 0 unspecified atom stereocenters. The second-order valence-electron chi connectivity index (χ2n) is 6.78. The van der Waals surface area contributed by atoms with Crippen LogP contribution < -0.4 is 0 Å². The average Bonchev–Trinajstić information content (AvgIpc) is 3.21. The number of rotatable bonds is 5. The summed E-state index contributed by atoms with van der Waals surface area (Å²) < 4.78 is 14.9. The van der Waals surface area contributed by atoms with Crippen molar-refractivity contribution in [3.63, 3.8) is 0 Å². The highest BCUT2D eigenvalue weighted by atomic mass is 19.1. The molecule has 2 aromatic carbocycles. The van der Waals surface area contributed by atoms with Gasteiger partial charge in [-0.1, -0.05) is 48.5 Å². The molecule has 0 aliphatic rings. The number of hydrogen-bond donors (Lipinski definition) is 0. The van der Waals surface area contributed by atoms with Crippen LogP contribution in [-0.2, 0) is 0 Å². The van der Waals surface area contributed by atoms with E-state index in [1.54, 1.807) is 43.3 Å². The molecule has 4 rings (SSSR count). The number of fused-ring (bicyclic) bond motifs is 1. The second-order valence-corrected chi connectivity index (χ2v) is 6.78. The van der Waals surface area contributed by atoms with Crippen LogP contribution in [0.4, 0.5) is 4.39 Å². The maximum Gasteiger partial charge on any atom is 0.210 e. The predicted molar refractivity (Wildman–Crippen MR) is 112 cm³/mol. The highest BCUT2D eigenvalue weighted by molar-refractivity contribution is 6.14. The molecule has 4 aromatic rings. The fraction of sp³-hybridized carbons (Fsp3) is 0.0400. The fourth-order valence-electron chi connectivity index (χ4n) is 3.38. The van der Waals surface area contributed by atoms with Gasteiger partial charge in [-0.2, -0.15) is 0 Å². The normalized spacial score (nSPS) is 11.2. The fourth-order valence-corrected chi connectivity index (χ4v) is 3.38. The zero-order valence-electron chi connectivity index (χ0n) is 15.8. The summed E-state index contributed by atoms with van der Waals surface area (Å²) in [5.74, 6) is -0.675. The van der Waals surface area contributed by atoms with Crippen molar-refractivity contribution in [3.8, 4) is 0 Å². The van der Waals surface area contributed by atoms with Crippen LogP contribution in [0.3, 0.4) is 0 Å². The van der Waals surface area contributed by atoms with E-state index >= 15 is 0 Å². The molecule has 0 bridgehead atoms. The standard InChI is InChI=1S/C25H18FNO2/c1-17-22(23(28)14-11-18-9-12-20(26)13-10-18)16-21-8-5-15-27(21)24(17)25(29)19-6-3-2-4-7-19/h2-16H,1H3/b14-11+. The van der Waals surface area contributed by atoms with Gasteiger partial charge in [0.2, 0.25) is 5.78 Å². The van der Waals surface area contributed by atoms with Crippen LogP contribution in [0.15, 0.2) is 85.1 Å². The minimum Gasteiger partial charge on any atom is -0.313 e. The molecule has 0 N–H and O–H groups in total. The Bertz CT molecular complexity index is 1240. The Morgan fingerprint density at radius 2 is 1.66 bits per heavy atom. The summed E-state index contributed by atoms with van der Waals surface area (Å²) in [5.41, 5.74) is 3.62. The van der Waals surface area contributed by atoms with E-state index < -0.39 is 0 Å². The van der Waals surface area contributed by atoms with Gasteiger partial charge in [-0.05, 0) is 54.5 Å². The number of benzene rings is 2. The maximum absolute atomic E-state index is 13.2. The van der Waals surface area contributed by atoms with Gasteiger partial charge in [0.1, 0.15) is 5.82 Å². The van der Waals surface area contributed by atoms with Crippen molar-refractivity contribution in [1.29, 1.82) is 0 Å². The number of carbonyl (C=O) groups excluding carboxylic acids is 2. The molecule has 0 spiro atoms. The third kappa shape index (κ3) is 3.65. The van der Waals surface area contributed by atoms with E-state index in [1.807, 2.05) is 40.9 Å². The first-order valence-electron chi connectivity index (χ1n) is 9.23. The van der Waals surface area contributed by atoms with E-state index in [4.69, 9.17) is 0 Å². The Balaban J connectivity index is 1.77. The Kier molecular flexibility index (Phi) is 4.92. The number of allylic oxidation sites excluding steroid dienone is 1. The molecule has 0 aliphatic carbocycles. The monoisotopic (exact) mass is 383 g/mol. The van der Waals surface area contributed by atoms with Crippen LogP contribution in [0.2, 0.25) is 0 Å². The zero-order chi connectivity index (χ0) is 20.4. The third-order valence-electron chi connectivity index (χ3n) is 4.89. The van der Waals surface area contributed by atoms with Crippen LogP contribution in [-0.4, -0.2) is 16.0 Å². The minimum absolute atomic E-state index is 0.138. The van der Waals surface area contributed by atoms with Crippen molar-refractivity contribution >= 4 is 23.2 Å². The van der Waals surface area contributed by atoms with Crippen molar-refractivity contribution in [3.05, 3.63) is 119 Å². The van der Waals surface area contributed by atoms with E-state index in [0.717, 1.165) is 11.1 Å². The van der Waals surface area contributed by atoms with Gasteiger partial charge >= 0.3 is 0 Å². The van der Waals surface area contributed by atoms with Crippen LogP contribution in [0, 0.1) is 12.7 Å². The quantitative estimate of drug-likeness (QED) is 0.336. The van der Waals surface area contributed by atoms with E-state index in [-0.39, 0.29) is 17.4 Å². The first kappa shape index (κ1) is 18.6. The lowest BCUT2D eigenvalue weighted by atomic mass is 9.97. The first-order valence-corrected chi connectivity index (χ1v) is 9.23. The van der Waals surface area contributed by atoms with Crippen molar-refractivity contribution in [2.45, 2.75) is 6.92 Å². The van der Waals surface area contributed by atoms with Gasteiger partial charge in [0.15, 0.2) is 5.78 Å². The first-order chi connectivity index (χ1) is 14.0. The van der Waals surface area contributed by atoms with Crippen molar-refractivity contribution in [1.82, 2.24) is 4.40 Å². The van der Waals surface area contributed by atoms with Gasteiger partial charge in [-0.25, -0.2) is 4.39 Å². The molecule has 29 heavy (non-hydrogen) atoms. The molecule has 0 saturated carbocycles. The van der Waals surface area contributed by atoms with Crippen LogP contribution >= 0.6 is 0 Å². The molecule has 0 atom stereocenters. The van der Waals surface area contributed by atoms with E-state index in [1.165, 1.54) is 18.2 Å². The molecule has 0 saturated heterocycles. The van der Waals surface area contributed by atoms with Gasteiger partial charge in [-0.3, -0.25) is 9.59 Å². The second kappa shape index (κ2) is 7.68. The lowest BCUT2D eigenvalue weighted by molar-refractivity contribution is 0.103. The summed E-state index contributed by atoms with van der Waals surface area (Å²) in [4.78, 5) is 26.1. The summed E-state index contributed by atoms with van der Waals surface area (Å²) in [6.07, 6.45) is 4.91. The molecule has 2 heterocycles. The van der Waals surface area contributed by atoms with Gasteiger partial charge in [0.25, 0.3) is 0 Å². The number of hydrogen-bond acceptors (Lipinski definition) is 2. The van der Waals surface area contributed by atoms with E-state index in [2.05, 4.69) is 0 Å². The van der Waals surface area contributed by atoms with Gasteiger partial charge in [0, 0.05) is 22.8 Å². The largest absolute Gasteiger partial charge is 0.313 e. The maximum atomic E-state index is 13.2. The summed E-state index contributed by atoms with van der Waals surface area (Å²) in [6, 6.07) is 20.4. The molecule has 0 radical (unpaired) electrons. The SMILES string of the molecule is Cc1c(C(=O)/C=C/c2ccc(F)cc2)cc2cccn2c1C(=O)c1ccccc1. The van der Waals surface area contributed by atoms with Crippen LogP contribution in [0.5, 0.6) is 0 Å². The van der Waals surface area contributed by atoms with E-state index in [0.29, 0.717) is 22.4 Å². The molecule has 4 heteroatoms. The lowest BCUT2D eigenvalue weighted by Crippen LogP contribution is -2.13. The highest BCUT2D eigenvalue weighted by Crippen LogP contribution is 2.23. The number of carbonyl (C=O) groups is 2. The summed E-state index contributed by atoms with van der Waals surface area (Å²) in [7, 11) is 0. The van der Waals surface area contributed by atoms with Crippen molar-refractivity contribution in [2.24, 2.45) is 0 Å². The average molecular weight is 383 g/mol. The van der Waals surface area contributed by atoms with Gasteiger partial charge in [0.05, 0.1) is 5.69 Å². The topological polar surface area (TPSA) is 38.5 Å². The number of nitrogens with zero attached hydrogens (tertiary/aromatic N) is 1. The molecule has 0 fully saturated rings. The van der Waals surface area contributed by atoms with Gasteiger partial charge < -0.3 is 4.40 Å². The lowest BCUT2D eigenvalue weighted by Gasteiger charge is -2.13.